The summed E-state index contributed by atoms with van der Waals surface area (Å²) in [6, 6.07) is 3.80. The van der Waals surface area contributed by atoms with E-state index in [4.69, 9.17) is 5.11 Å². The van der Waals surface area contributed by atoms with Crippen molar-refractivity contribution in [3.8, 4) is 5.75 Å². The van der Waals surface area contributed by atoms with Crippen molar-refractivity contribution in [1.29, 1.82) is 0 Å². The molecule has 1 aromatic carbocycles. The number of benzene rings is 1. The molecule has 20 heavy (non-hydrogen) atoms. The predicted molar refractivity (Wildman–Crippen MR) is 76.7 cm³/mol. The van der Waals surface area contributed by atoms with Crippen molar-refractivity contribution in [2.24, 2.45) is 5.92 Å². The van der Waals surface area contributed by atoms with E-state index in [0.717, 1.165) is 16.7 Å². The van der Waals surface area contributed by atoms with Gasteiger partial charge in [0.15, 0.2) is 0 Å². The van der Waals surface area contributed by atoms with Crippen molar-refractivity contribution in [2.45, 2.75) is 25.9 Å². The first-order valence-corrected chi connectivity index (χ1v) is 6.82. The maximum atomic E-state index is 11.0. The molecule has 1 aliphatic rings. The molecule has 1 aromatic rings. The average Bonchev–Trinajstić information content (AvgIpc) is 2.83. The van der Waals surface area contributed by atoms with Crippen LogP contribution in [0.1, 0.15) is 29.2 Å². The van der Waals surface area contributed by atoms with E-state index in [0.29, 0.717) is 25.3 Å². The molecule has 2 rings (SSSR count). The topological polar surface area (TPSA) is 72.8 Å². The highest BCUT2D eigenvalue weighted by molar-refractivity contribution is 5.71. The second-order valence-corrected chi connectivity index (χ2v) is 5.77. The van der Waals surface area contributed by atoms with E-state index in [1.54, 1.807) is 0 Å². The smallest absolute Gasteiger partial charge is 0.307 e. The van der Waals surface area contributed by atoms with Crippen LogP contribution in [0.2, 0.25) is 0 Å². The Balaban J connectivity index is 2.27. The van der Waals surface area contributed by atoms with Gasteiger partial charge in [-0.05, 0) is 33.0 Å². The van der Waals surface area contributed by atoms with Crippen LogP contribution in [0.4, 0.5) is 0 Å². The number of aromatic hydroxyl groups is 1. The van der Waals surface area contributed by atoms with Crippen molar-refractivity contribution in [3.63, 3.8) is 0 Å². The fourth-order valence-electron chi connectivity index (χ4n) is 2.71. The summed E-state index contributed by atoms with van der Waals surface area (Å²) < 4.78 is 0. The molecule has 1 aliphatic heterocycles. The molecule has 0 bridgehead atoms. The summed E-state index contributed by atoms with van der Waals surface area (Å²) >= 11 is 0. The third-order valence-electron chi connectivity index (χ3n) is 3.88. The first kappa shape index (κ1) is 14.8. The van der Waals surface area contributed by atoms with E-state index < -0.39 is 5.97 Å². The van der Waals surface area contributed by atoms with Gasteiger partial charge in [-0.25, -0.2) is 0 Å². The molecule has 0 amide bonds. The van der Waals surface area contributed by atoms with Gasteiger partial charge in [0.1, 0.15) is 5.75 Å². The summed E-state index contributed by atoms with van der Waals surface area (Å²) in [5, 5.41) is 22.7. The van der Waals surface area contributed by atoms with Gasteiger partial charge in [-0.3, -0.25) is 4.79 Å². The van der Waals surface area contributed by atoms with Gasteiger partial charge in [-0.15, -0.1) is 0 Å². The van der Waals surface area contributed by atoms with Gasteiger partial charge >= 0.3 is 5.97 Å². The summed E-state index contributed by atoms with van der Waals surface area (Å²) in [5.41, 5.74) is 2.76. The lowest BCUT2D eigenvalue weighted by atomic mass is 9.95. The maximum Gasteiger partial charge on any atom is 0.307 e. The minimum Gasteiger partial charge on any atom is -0.507 e. The van der Waals surface area contributed by atoms with E-state index in [2.05, 4.69) is 5.32 Å². The standard InChI is InChI=1S/C15H22N2O3/c1-9-4-5-11(14(18)12(9)8-17(2)3)13-6-10(7-16-13)15(19)20/h4-5,10,13,16,18H,6-8H2,1-3H3,(H,19,20). The van der Waals surface area contributed by atoms with Crippen LogP contribution in [0.3, 0.4) is 0 Å². The van der Waals surface area contributed by atoms with Crippen LogP contribution in [0.5, 0.6) is 5.75 Å². The van der Waals surface area contributed by atoms with Crippen molar-refractivity contribution >= 4 is 5.97 Å². The van der Waals surface area contributed by atoms with Crippen LogP contribution in [-0.4, -0.2) is 41.7 Å². The number of aliphatic carboxylic acids is 1. The number of carboxylic acids is 1. The Morgan fingerprint density at radius 3 is 2.70 bits per heavy atom. The fraction of sp³-hybridized carbons (Fsp3) is 0.533. The minimum absolute atomic E-state index is 0.0855. The molecule has 2 atom stereocenters. The molecule has 1 saturated heterocycles. The third kappa shape index (κ3) is 2.94. The van der Waals surface area contributed by atoms with Crippen LogP contribution in [0.25, 0.3) is 0 Å². The lowest BCUT2D eigenvalue weighted by molar-refractivity contribution is -0.141. The summed E-state index contributed by atoms with van der Waals surface area (Å²) in [7, 11) is 3.92. The number of hydrogen-bond donors (Lipinski definition) is 3. The van der Waals surface area contributed by atoms with Gasteiger partial charge in [-0.1, -0.05) is 12.1 Å². The summed E-state index contributed by atoms with van der Waals surface area (Å²) in [4.78, 5) is 13.0. The zero-order chi connectivity index (χ0) is 14.9. The molecule has 1 fully saturated rings. The van der Waals surface area contributed by atoms with Crippen molar-refractivity contribution < 1.29 is 15.0 Å². The normalized spacial score (nSPS) is 22.4. The minimum atomic E-state index is -0.778. The molecule has 1 heterocycles. The highest BCUT2D eigenvalue weighted by Crippen LogP contribution is 2.36. The van der Waals surface area contributed by atoms with Crippen molar-refractivity contribution in [3.05, 3.63) is 28.8 Å². The third-order valence-corrected chi connectivity index (χ3v) is 3.88. The van der Waals surface area contributed by atoms with E-state index >= 15 is 0 Å². The molecular weight excluding hydrogens is 256 g/mol. The summed E-state index contributed by atoms with van der Waals surface area (Å²) in [5.74, 6) is -0.861. The molecule has 0 radical (unpaired) electrons. The molecular formula is C15H22N2O3. The summed E-state index contributed by atoms with van der Waals surface area (Å²) in [6.45, 7) is 3.10. The van der Waals surface area contributed by atoms with Crippen molar-refractivity contribution in [2.75, 3.05) is 20.6 Å². The number of carboxylic acid groups (broad SMARTS) is 1. The van der Waals surface area contributed by atoms with Gasteiger partial charge in [0.2, 0.25) is 0 Å². The van der Waals surface area contributed by atoms with E-state index in [1.165, 1.54) is 0 Å². The number of nitrogens with one attached hydrogen (secondary N) is 1. The second kappa shape index (κ2) is 5.81. The first-order valence-electron chi connectivity index (χ1n) is 6.82. The van der Waals surface area contributed by atoms with E-state index in [1.807, 2.05) is 38.1 Å². The number of phenolic OH excluding ortho intramolecular Hbond substituents is 1. The number of hydrogen-bond acceptors (Lipinski definition) is 4. The lowest BCUT2D eigenvalue weighted by Gasteiger charge is -2.19. The van der Waals surface area contributed by atoms with Gasteiger partial charge in [0.05, 0.1) is 5.92 Å². The van der Waals surface area contributed by atoms with E-state index in [9.17, 15) is 9.90 Å². The van der Waals surface area contributed by atoms with Crippen molar-refractivity contribution in [1.82, 2.24) is 10.2 Å². The number of rotatable bonds is 4. The highest BCUT2D eigenvalue weighted by atomic mass is 16.4. The average molecular weight is 278 g/mol. The first-order chi connectivity index (χ1) is 9.40. The Hall–Kier alpha value is -1.59. The largest absolute Gasteiger partial charge is 0.507 e. The maximum absolute atomic E-state index is 11.0. The van der Waals surface area contributed by atoms with Crippen LogP contribution in [0.15, 0.2) is 12.1 Å². The Morgan fingerprint density at radius 1 is 1.45 bits per heavy atom. The van der Waals surface area contributed by atoms with Crippen LogP contribution in [0, 0.1) is 12.8 Å². The monoisotopic (exact) mass is 278 g/mol. The van der Waals surface area contributed by atoms with Crippen LogP contribution >= 0.6 is 0 Å². The number of carbonyl (C=O) groups is 1. The number of phenols is 1. The fourth-order valence-corrected chi connectivity index (χ4v) is 2.71. The molecule has 5 heteroatoms. The number of aryl methyl sites for hydroxylation is 1. The highest BCUT2D eigenvalue weighted by Gasteiger charge is 2.32. The molecule has 5 nitrogen and oxygen atoms in total. The van der Waals surface area contributed by atoms with Gasteiger partial charge in [0, 0.05) is 30.3 Å². The zero-order valence-corrected chi connectivity index (χ0v) is 12.2. The predicted octanol–water partition coefficient (Wildman–Crippen LogP) is 1.50. The van der Waals surface area contributed by atoms with Crippen LogP contribution < -0.4 is 5.32 Å². The number of nitrogens with zero attached hydrogens (tertiary/aromatic N) is 1. The summed E-state index contributed by atoms with van der Waals surface area (Å²) in [6.07, 6.45) is 0.521. The van der Waals surface area contributed by atoms with Gasteiger partial charge in [0.25, 0.3) is 0 Å². The quantitative estimate of drug-likeness (QED) is 0.778. The second-order valence-electron chi connectivity index (χ2n) is 5.77. The van der Waals surface area contributed by atoms with Gasteiger partial charge < -0.3 is 20.4 Å². The molecule has 2 unspecified atom stereocenters. The van der Waals surface area contributed by atoms with E-state index in [-0.39, 0.29) is 12.0 Å². The zero-order valence-electron chi connectivity index (χ0n) is 12.2. The van der Waals surface area contributed by atoms with Gasteiger partial charge in [-0.2, -0.15) is 0 Å². The molecule has 3 N–H and O–H groups in total. The molecule has 0 saturated carbocycles. The van der Waals surface area contributed by atoms with Crippen LogP contribution in [-0.2, 0) is 11.3 Å². The Kier molecular flexibility index (Phi) is 4.30. The Bertz CT molecular complexity index is 514. The molecule has 0 spiro atoms. The molecule has 110 valence electrons. The molecule has 0 aromatic heterocycles. The Morgan fingerprint density at radius 2 is 2.15 bits per heavy atom. The Labute approximate surface area is 119 Å². The molecule has 0 aliphatic carbocycles. The SMILES string of the molecule is Cc1ccc(C2CC(C(=O)O)CN2)c(O)c1CN(C)C. The lowest BCUT2D eigenvalue weighted by Crippen LogP contribution is -2.18.